The van der Waals surface area contributed by atoms with Crippen molar-refractivity contribution < 1.29 is 9.90 Å². The number of hydrogen-bond acceptors (Lipinski definition) is 4. The quantitative estimate of drug-likeness (QED) is 0.723. The number of nitrogens with one attached hydrogen (secondary N) is 1. The fourth-order valence-corrected chi connectivity index (χ4v) is 3.68. The van der Waals surface area contributed by atoms with Crippen molar-refractivity contribution in [2.24, 2.45) is 0 Å². The minimum absolute atomic E-state index is 0.163. The van der Waals surface area contributed by atoms with E-state index in [4.69, 9.17) is 10.8 Å². The molecular weight excluding hydrogens is 260 g/mol. The number of hydrogen-bond donors (Lipinski definition) is 3. The lowest BCUT2D eigenvalue weighted by Gasteiger charge is -2.15. The monoisotopic (exact) mass is 280 g/mol. The molecular formula is C14H20N2O2S. The largest absolute Gasteiger partial charge is 0.478 e. The van der Waals surface area contributed by atoms with Gasteiger partial charge in [-0.25, -0.2) is 4.79 Å². The number of thioether (sulfide) groups is 1. The summed E-state index contributed by atoms with van der Waals surface area (Å²) in [6, 6.07) is 5.54. The second kappa shape index (κ2) is 6.19. The van der Waals surface area contributed by atoms with Crippen molar-refractivity contribution in [2.45, 2.75) is 37.5 Å². The molecule has 5 heteroatoms. The molecule has 1 aliphatic rings. The third-order valence-electron chi connectivity index (χ3n) is 3.44. The molecule has 0 aromatic heterocycles. The molecule has 19 heavy (non-hydrogen) atoms. The van der Waals surface area contributed by atoms with Gasteiger partial charge in [-0.3, -0.25) is 0 Å². The van der Waals surface area contributed by atoms with Crippen molar-refractivity contribution in [3.63, 3.8) is 0 Å². The SMILES string of the molecule is CCSC1CCC(Nc2ccc(C(=O)O)c(N)c2)C1. The van der Waals surface area contributed by atoms with Crippen LogP contribution in [0.3, 0.4) is 0 Å². The minimum atomic E-state index is -0.982. The maximum atomic E-state index is 10.9. The first kappa shape index (κ1) is 14.1. The zero-order valence-corrected chi connectivity index (χ0v) is 11.9. The van der Waals surface area contributed by atoms with Crippen molar-refractivity contribution >= 4 is 29.1 Å². The zero-order valence-electron chi connectivity index (χ0n) is 11.1. The van der Waals surface area contributed by atoms with E-state index in [1.807, 2.05) is 11.8 Å². The standard InChI is InChI=1S/C14H20N2O2S/c1-2-19-11-5-3-9(7-11)16-10-4-6-12(14(17)18)13(15)8-10/h4,6,8-9,11,16H,2-3,5,7,15H2,1H3,(H,17,18). The first-order valence-electron chi connectivity index (χ1n) is 6.61. The third-order valence-corrected chi connectivity index (χ3v) is 4.67. The number of nitrogen functional groups attached to an aromatic ring is 1. The Morgan fingerprint density at radius 3 is 2.95 bits per heavy atom. The van der Waals surface area contributed by atoms with Crippen molar-refractivity contribution in [1.29, 1.82) is 0 Å². The van der Waals surface area contributed by atoms with Gasteiger partial charge in [-0.15, -0.1) is 0 Å². The highest BCUT2D eigenvalue weighted by Gasteiger charge is 2.24. The van der Waals surface area contributed by atoms with E-state index in [0.717, 1.165) is 23.1 Å². The molecule has 0 saturated heterocycles. The molecule has 0 heterocycles. The zero-order chi connectivity index (χ0) is 13.8. The lowest BCUT2D eigenvalue weighted by Crippen LogP contribution is -2.16. The van der Waals surface area contributed by atoms with Crippen molar-refractivity contribution in [3.05, 3.63) is 23.8 Å². The van der Waals surface area contributed by atoms with Crippen LogP contribution in [0, 0.1) is 0 Å². The highest BCUT2D eigenvalue weighted by Crippen LogP contribution is 2.32. The summed E-state index contributed by atoms with van der Waals surface area (Å²) < 4.78 is 0. The number of nitrogens with two attached hydrogens (primary N) is 1. The summed E-state index contributed by atoms with van der Waals surface area (Å²) in [5.41, 5.74) is 7.14. The average molecular weight is 280 g/mol. The van der Waals surface area contributed by atoms with Crippen LogP contribution in [-0.4, -0.2) is 28.1 Å². The number of anilines is 2. The van der Waals surface area contributed by atoms with Gasteiger partial charge in [0.25, 0.3) is 0 Å². The third kappa shape index (κ3) is 3.56. The van der Waals surface area contributed by atoms with Crippen LogP contribution >= 0.6 is 11.8 Å². The molecule has 2 unspecified atom stereocenters. The van der Waals surface area contributed by atoms with Gasteiger partial charge in [-0.1, -0.05) is 6.92 Å². The molecule has 1 saturated carbocycles. The van der Waals surface area contributed by atoms with Gasteiger partial charge in [0.1, 0.15) is 0 Å². The summed E-state index contributed by atoms with van der Waals surface area (Å²) in [6.07, 6.45) is 3.58. The summed E-state index contributed by atoms with van der Waals surface area (Å²) in [7, 11) is 0. The van der Waals surface area contributed by atoms with Gasteiger partial charge in [0, 0.05) is 22.7 Å². The van der Waals surface area contributed by atoms with Gasteiger partial charge < -0.3 is 16.2 Å². The number of benzene rings is 1. The van der Waals surface area contributed by atoms with Crippen LogP contribution in [0.25, 0.3) is 0 Å². The minimum Gasteiger partial charge on any atom is -0.478 e. The van der Waals surface area contributed by atoms with Crippen LogP contribution in [0.4, 0.5) is 11.4 Å². The van der Waals surface area contributed by atoms with Crippen LogP contribution < -0.4 is 11.1 Å². The molecule has 2 atom stereocenters. The van der Waals surface area contributed by atoms with E-state index in [-0.39, 0.29) is 5.56 Å². The van der Waals surface area contributed by atoms with E-state index in [9.17, 15) is 4.79 Å². The Bertz CT molecular complexity index is 465. The molecule has 0 aliphatic heterocycles. The number of rotatable bonds is 5. The second-order valence-electron chi connectivity index (χ2n) is 4.84. The van der Waals surface area contributed by atoms with E-state index < -0.39 is 5.97 Å². The molecule has 0 radical (unpaired) electrons. The first-order valence-corrected chi connectivity index (χ1v) is 7.66. The molecule has 1 aliphatic carbocycles. The molecule has 1 aromatic carbocycles. The predicted octanol–water partition coefficient (Wildman–Crippen LogP) is 3.05. The number of carboxylic acids is 1. The fraction of sp³-hybridized carbons (Fsp3) is 0.500. The van der Waals surface area contributed by atoms with E-state index in [0.29, 0.717) is 11.7 Å². The van der Waals surface area contributed by atoms with Crippen LogP contribution in [0.1, 0.15) is 36.5 Å². The fourth-order valence-electron chi connectivity index (χ4n) is 2.54. The van der Waals surface area contributed by atoms with Gasteiger partial charge in [0.15, 0.2) is 0 Å². The maximum absolute atomic E-state index is 10.9. The van der Waals surface area contributed by atoms with Gasteiger partial charge in [-0.2, -0.15) is 11.8 Å². The number of carboxylic acid groups (broad SMARTS) is 1. The van der Waals surface area contributed by atoms with E-state index in [1.54, 1.807) is 18.2 Å². The Kier molecular flexibility index (Phi) is 4.58. The normalized spacial score (nSPS) is 22.4. The van der Waals surface area contributed by atoms with Crippen LogP contribution in [0.2, 0.25) is 0 Å². The van der Waals surface area contributed by atoms with Crippen LogP contribution in [0.5, 0.6) is 0 Å². The van der Waals surface area contributed by atoms with Crippen LogP contribution in [-0.2, 0) is 0 Å². The van der Waals surface area contributed by atoms with E-state index >= 15 is 0 Å². The Morgan fingerprint density at radius 2 is 2.32 bits per heavy atom. The summed E-state index contributed by atoms with van der Waals surface area (Å²) in [6.45, 7) is 2.19. The van der Waals surface area contributed by atoms with Gasteiger partial charge in [0.05, 0.1) is 5.56 Å². The smallest absolute Gasteiger partial charge is 0.337 e. The second-order valence-corrected chi connectivity index (χ2v) is 6.42. The van der Waals surface area contributed by atoms with Gasteiger partial charge in [0.2, 0.25) is 0 Å². The summed E-state index contributed by atoms with van der Waals surface area (Å²) in [5, 5.41) is 13.1. The molecule has 0 bridgehead atoms. The van der Waals surface area contributed by atoms with Gasteiger partial charge >= 0.3 is 5.97 Å². The molecule has 1 fully saturated rings. The highest BCUT2D eigenvalue weighted by molar-refractivity contribution is 7.99. The number of aromatic carboxylic acids is 1. The average Bonchev–Trinajstić information content (AvgIpc) is 2.76. The predicted molar refractivity (Wildman–Crippen MR) is 81.0 cm³/mol. The van der Waals surface area contributed by atoms with Crippen molar-refractivity contribution in [1.82, 2.24) is 0 Å². The van der Waals surface area contributed by atoms with Crippen LogP contribution in [0.15, 0.2) is 18.2 Å². The molecule has 4 N–H and O–H groups in total. The van der Waals surface area contributed by atoms with E-state index in [2.05, 4.69) is 12.2 Å². The summed E-state index contributed by atoms with van der Waals surface area (Å²) in [5.74, 6) is 0.182. The van der Waals surface area contributed by atoms with Gasteiger partial charge in [-0.05, 0) is 43.2 Å². The molecule has 0 spiro atoms. The van der Waals surface area contributed by atoms with Crippen molar-refractivity contribution in [2.75, 3.05) is 16.8 Å². The Morgan fingerprint density at radius 1 is 1.53 bits per heavy atom. The first-order chi connectivity index (χ1) is 9.10. The molecule has 2 rings (SSSR count). The lowest BCUT2D eigenvalue weighted by atomic mass is 10.1. The Labute approximate surface area is 117 Å². The summed E-state index contributed by atoms with van der Waals surface area (Å²) >= 11 is 2.02. The molecule has 1 aromatic rings. The highest BCUT2D eigenvalue weighted by atomic mass is 32.2. The Balaban J connectivity index is 1.97. The molecule has 4 nitrogen and oxygen atoms in total. The lowest BCUT2D eigenvalue weighted by molar-refractivity contribution is 0.0698. The topological polar surface area (TPSA) is 75.3 Å². The maximum Gasteiger partial charge on any atom is 0.337 e. The van der Waals surface area contributed by atoms with E-state index in [1.165, 1.54) is 12.8 Å². The van der Waals surface area contributed by atoms with Crippen molar-refractivity contribution in [3.8, 4) is 0 Å². The number of carbonyl (C=O) groups is 1. The molecule has 0 amide bonds. The summed E-state index contributed by atoms with van der Waals surface area (Å²) in [4.78, 5) is 10.9. The molecule has 104 valence electrons. The Hall–Kier alpha value is -1.36.